The first-order valence-electron chi connectivity index (χ1n) is 7.14. The number of hydrogen-bond acceptors (Lipinski definition) is 4. The van der Waals surface area contributed by atoms with Crippen molar-refractivity contribution in [1.82, 2.24) is 0 Å². The summed E-state index contributed by atoms with van der Waals surface area (Å²) >= 11 is 0. The normalized spacial score (nSPS) is 21.8. The van der Waals surface area contributed by atoms with Crippen molar-refractivity contribution >= 4 is 25.3 Å². The average molecular weight is 482 g/mol. The van der Waals surface area contributed by atoms with Crippen molar-refractivity contribution in [3.63, 3.8) is 0 Å². The quantitative estimate of drug-likeness (QED) is 0.210. The second-order valence-electron chi connectivity index (χ2n) is 4.15. The van der Waals surface area contributed by atoms with Gasteiger partial charge in [0.1, 0.15) is 0 Å². The fraction of sp³-hybridized carbons (Fsp3) is 0.667. The van der Waals surface area contributed by atoms with Gasteiger partial charge in [0.25, 0.3) is 0 Å². The molecule has 144 valence electrons. The molecule has 12 heteroatoms. The summed E-state index contributed by atoms with van der Waals surface area (Å²) in [5.74, 6) is 0. The Morgan fingerprint density at radius 3 is 0.917 bits per heavy atom. The monoisotopic (exact) mass is 482 g/mol. The number of halogens is 4. The first kappa shape index (κ1) is 26.8. The summed E-state index contributed by atoms with van der Waals surface area (Å²) in [7, 11) is -5.38. The Morgan fingerprint density at radius 1 is 0.583 bits per heavy atom. The number of rotatable bonds is 0. The Hall–Kier alpha value is 0.588. The Kier molecular flexibility index (Phi) is 22.2. The molecule has 0 aromatic rings. The molecule has 24 heavy (non-hydrogen) atoms. The second-order valence-corrected chi connectivity index (χ2v) is 5.64. The third-order valence-corrected chi connectivity index (χ3v) is 3.43. The molecule has 0 saturated carbocycles. The maximum absolute atomic E-state index is 9.75. The molecular weight excluding hydrogens is 460 g/mol. The molecule has 3 aliphatic rings. The molecule has 2 saturated heterocycles. The Morgan fingerprint density at radius 2 is 0.792 bits per heavy atom. The molecule has 0 unspecified atom stereocenters. The zero-order valence-corrected chi connectivity index (χ0v) is 16.7. The van der Waals surface area contributed by atoms with Crippen LogP contribution in [0.4, 0.5) is 17.3 Å². The van der Waals surface area contributed by atoms with Crippen LogP contribution in [0.2, 0.25) is 0 Å². The van der Waals surface area contributed by atoms with E-state index in [1.54, 1.807) is 0 Å². The van der Waals surface area contributed by atoms with Gasteiger partial charge in [-0.1, -0.05) is 24.3 Å². The van der Waals surface area contributed by atoms with E-state index in [1.807, 2.05) is 0 Å². The average Bonchev–Trinajstić information content (AvgIpc) is 3.16. The summed E-state index contributed by atoms with van der Waals surface area (Å²) in [6.07, 6.45) is 14.0. The molecule has 3 rings (SSSR count). The molecular formula is C12H22BF4O4P2Rh. The molecule has 0 aromatic carbocycles. The van der Waals surface area contributed by atoms with E-state index in [2.05, 4.69) is 24.3 Å². The van der Waals surface area contributed by atoms with Gasteiger partial charge in [0, 0.05) is 0 Å². The first-order chi connectivity index (χ1) is 11.0. The van der Waals surface area contributed by atoms with Crippen molar-refractivity contribution in [2.24, 2.45) is 0 Å². The molecule has 0 aromatic heterocycles. The summed E-state index contributed by atoms with van der Waals surface area (Å²) < 4.78 is 58.0. The fourth-order valence-electron chi connectivity index (χ4n) is 1.27. The summed E-state index contributed by atoms with van der Waals surface area (Å²) in [5, 5.41) is 0. The van der Waals surface area contributed by atoms with Gasteiger partial charge >= 0.3 is 26.7 Å². The van der Waals surface area contributed by atoms with Gasteiger partial charge in [-0.15, -0.1) is 0 Å². The maximum Gasteiger partial charge on any atom is 1.00 e. The minimum absolute atomic E-state index is 0. The number of allylic oxidation sites excluding steroid dienone is 4. The van der Waals surface area contributed by atoms with Crippen molar-refractivity contribution < 1.29 is 54.8 Å². The van der Waals surface area contributed by atoms with Crippen molar-refractivity contribution in [3.8, 4) is 0 Å². The van der Waals surface area contributed by atoms with Crippen molar-refractivity contribution in [3.05, 3.63) is 24.3 Å². The van der Waals surface area contributed by atoms with Gasteiger partial charge in [-0.3, -0.25) is 0 Å². The van der Waals surface area contributed by atoms with Crippen LogP contribution in [0, 0.1) is 0 Å². The summed E-state index contributed by atoms with van der Waals surface area (Å²) in [4.78, 5) is 0. The van der Waals surface area contributed by atoms with Crippen LogP contribution in [0.3, 0.4) is 0 Å². The van der Waals surface area contributed by atoms with Crippen LogP contribution < -0.4 is 0 Å². The van der Waals surface area contributed by atoms with Gasteiger partial charge in [0.15, 0.2) is 18.1 Å². The molecule has 4 nitrogen and oxygen atoms in total. The van der Waals surface area contributed by atoms with E-state index >= 15 is 0 Å². The Balaban J connectivity index is 0. The molecule has 0 atom stereocenters. The first-order valence-corrected chi connectivity index (χ1v) is 8.78. The van der Waals surface area contributed by atoms with Crippen LogP contribution in [0.1, 0.15) is 25.7 Å². The SMILES string of the molecule is C1=C\CC/C=C\CC/1.C1COPO1.C1COPO1.F[B-](F)(F)F.[Rh+]. The van der Waals surface area contributed by atoms with Crippen LogP contribution in [0.15, 0.2) is 24.3 Å². The van der Waals surface area contributed by atoms with E-state index in [-0.39, 0.29) is 19.5 Å². The second kappa shape index (κ2) is 19.9. The molecule has 0 spiro atoms. The van der Waals surface area contributed by atoms with E-state index in [0.29, 0.717) is 18.1 Å². The topological polar surface area (TPSA) is 36.9 Å². The largest absolute Gasteiger partial charge is 1.00 e. The summed E-state index contributed by atoms with van der Waals surface area (Å²) in [6.45, 7) is 3.16. The molecule has 1 aliphatic carbocycles. The summed E-state index contributed by atoms with van der Waals surface area (Å²) in [5.41, 5.74) is 0. The minimum Gasteiger partial charge on any atom is -0.418 e. The van der Waals surface area contributed by atoms with Gasteiger partial charge in [0.2, 0.25) is 0 Å². The van der Waals surface area contributed by atoms with E-state index in [0.717, 1.165) is 26.4 Å². The van der Waals surface area contributed by atoms with Crippen LogP contribution in [-0.4, -0.2) is 33.7 Å². The molecule has 0 bridgehead atoms. The van der Waals surface area contributed by atoms with Gasteiger partial charge in [-0.2, -0.15) is 0 Å². The maximum atomic E-state index is 9.75. The zero-order chi connectivity index (χ0) is 17.2. The van der Waals surface area contributed by atoms with Gasteiger partial charge in [0.05, 0.1) is 26.4 Å². The van der Waals surface area contributed by atoms with Gasteiger partial charge < -0.3 is 35.4 Å². The van der Waals surface area contributed by atoms with Crippen LogP contribution in [-0.2, 0) is 37.6 Å². The van der Waals surface area contributed by atoms with Gasteiger partial charge in [-0.05, 0) is 25.7 Å². The fourth-order valence-corrected chi connectivity index (χ4v) is 2.11. The molecule has 2 aliphatic heterocycles. The van der Waals surface area contributed by atoms with Crippen molar-refractivity contribution in [1.29, 1.82) is 0 Å². The molecule has 2 fully saturated rings. The zero-order valence-electron chi connectivity index (χ0n) is 13.0. The predicted molar refractivity (Wildman–Crippen MR) is 87.4 cm³/mol. The van der Waals surface area contributed by atoms with E-state index in [1.165, 1.54) is 25.7 Å². The molecule has 2 heterocycles. The molecule has 0 N–H and O–H groups in total. The van der Waals surface area contributed by atoms with Crippen LogP contribution in [0.5, 0.6) is 0 Å². The number of hydrogen-bond donors (Lipinski definition) is 0. The third kappa shape index (κ3) is 30.5. The molecule has 0 radical (unpaired) electrons. The molecule has 0 amide bonds. The Labute approximate surface area is 156 Å². The van der Waals surface area contributed by atoms with Gasteiger partial charge in [-0.25, -0.2) is 0 Å². The summed E-state index contributed by atoms with van der Waals surface area (Å²) in [6, 6.07) is 0. The van der Waals surface area contributed by atoms with Crippen LogP contribution in [0.25, 0.3) is 0 Å². The standard InChI is InChI=1S/C8H12.2C2H5O2P.BF4.Rh/c1-2-4-6-8-7-5-3-1;2*1-2-4-5-3-1;2-1(3,4)5;/h1-2,7-8H,3-6H2;2*5H,1-2H2;;/q;;;-1;+1/b2-1-,8-7-;;;;. The smallest absolute Gasteiger partial charge is 0.418 e. The van der Waals surface area contributed by atoms with Crippen LogP contribution >= 0.6 is 18.1 Å². The van der Waals surface area contributed by atoms with E-state index in [9.17, 15) is 17.3 Å². The van der Waals surface area contributed by atoms with E-state index < -0.39 is 7.25 Å². The van der Waals surface area contributed by atoms with Crippen molar-refractivity contribution in [2.45, 2.75) is 25.7 Å². The van der Waals surface area contributed by atoms with Crippen molar-refractivity contribution in [2.75, 3.05) is 26.4 Å². The predicted octanol–water partition coefficient (Wildman–Crippen LogP) is 5.05. The minimum atomic E-state index is -6.00. The third-order valence-electron chi connectivity index (χ3n) is 2.14. The Bertz CT molecular complexity index is 261. The van der Waals surface area contributed by atoms with E-state index in [4.69, 9.17) is 18.1 Å².